The van der Waals surface area contributed by atoms with E-state index in [0.717, 1.165) is 25.3 Å². The van der Waals surface area contributed by atoms with Gasteiger partial charge >= 0.3 is 5.97 Å². The number of para-hydroxylation sites is 1. The summed E-state index contributed by atoms with van der Waals surface area (Å²) >= 11 is 0. The SMILES string of the molecule is C[C@@H]1[C@@H](CC(=O)O)N(c2ccccc2)CCN1Cc1ccccc1. The molecule has 126 valence electrons. The number of hydrogen-bond donors (Lipinski definition) is 1. The highest BCUT2D eigenvalue weighted by molar-refractivity contribution is 5.69. The molecule has 0 radical (unpaired) electrons. The normalized spacial score (nSPS) is 21.6. The Labute approximate surface area is 143 Å². The molecule has 1 N–H and O–H groups in total. The molecule has 0 amide bonds. The first-order chi connectivity index (χ1) is 11.6. The van der Waals surface area contributed by atoms with Crippen LogP contribution in [0, 0.1) is 0 Å². The Bertz CT molecular complexity index is 660. The average molecular weight is 324 g/mol. The quantitative estimate of drug-likeness (QED) is 0.917. The highest BCUT2D eigenvalue weighted by Gasteiger charge is 2.35. The molecule has 1 saturated heterocycles. The van der Waals surface area contributed by atoms with Crippen molar-refractivity contribution >= 4 is 11.7 Å². The summed E-state index contributed by atoms with van der Waals surface area (Å²) in [6.07, 6.45) is 0.154. The Morgan fingerprint density at radius 1 is 1.04 bits per heavy atom. The van der Waals surface area contributed by atoms with E-state index in [1.807, 2.05) is 24.3 Å². The molecule has 4 nitrogen and oxygen atoms in total. The monoisotopic (exact) mass is 324 g/mol. The zero-order chi connectivity index (χ0) is 16.9. The molecule has 1 aliphatic heterocycles. The summed E-state index contributed by atoms with van der Waals surface area (Å²) in [5, 5.41) is 9.38. The second-order valence-corrected chi connectivity index (χ2v) is 6.39. The number of anilines is 1. The zero-order valence-corrected chi connectivity index (χ0v) is 14.0. The van der Waals surface area contributed by atoms with E-state index >= 15 is 0 Å². The van der Waals surface area contributed by atoms with Gasteiger partial charge in [0.15, 0.2) is 0 Å². The minimum Gasteiger partial charge on any atom is -0.481 e. The van der Waals surface area contributed by atoms with E-state index in [0.29, 0.717) is 0 Å². The fourth-order valence-electron chi connectivity index (χ4n) is 3.55. The van der Waals surface area contributed by atoms with Crippen molar-refractivity contribution in [3.63, 3.8) is 0 Å². The highest BCUT2D eigenvalue weighted by Crippen LogP contribution is 2.27. The Hall–Kier alpha value is -2.33. The first-order valence-electron chi connectivity index (χ1n) is 8.46. The lowest BCUT2D eigenvalue weighted by atomic mass is 9.98. The summed E-state index contributed by atoms with van der Waals surface area (Å²) in [6.45, 7) is 4.78. The molecule has 3 rings (SSSR count). The minimum absolute atomic E-state index is 0.0256. The van der Waals surface area contributed by atoms with Gasteiger partial charge in [-0.3, -0.25) is 9.69 Å². The Kier molecular flexibility index (Phi) is 5.16. The number of nitrogens with zero attached hydrogens (tertiary/aromatic N) is 2. The minimum atomic E-state index is -0.741. The first-order valence-corrected chi connectivity index (χ1v) is 8.46. The Morgan fingerprint density at radius 3 is 2.29 bits per heavy atom. The van der Waals surface area contributed by atoms with Gasteiger partial charge in [-0.1, -0.05) is 48.5 Å². The van der Waals surface area contributed by atoms with E-state index in [-0.39, 0.29) is 18.5 Å². The van der Waals surface area contributed by atoms with Crippen LogP contribution in [-0.2, 0) is 11.3 Å². The summed E-state index contributed by atoms with van der Waals surface area (Å²) in [4.78, 5) is 16.1. The number of hydrogen-bond acceptors (Lipinski definition) is 3. The fraction of sp³-hybridized carbons (Fsp3) is 0.350. The number of rotatable bonds is 5. The molecular formula is C20H24N2O2. The van der Waals surface area contributed by atoms with Gasteiger partial charge in [-0.05, 0) is 24.6 Å². The van der Waals surface area contributed by atoms with E-state index in [4.69, 9.17) is 0 Å². The number of carboxylic acid groups (broad SMARTS) is 1. The van der Waals surface area contributed by atoms with Gasteiger partial charge in [0, 0.05) is 31.4 Å². The molecular weight excluding hydrogens is 300 g/mol. The summed E-state index contributed by atoms with van der Waals surface area (Å²) in [7, 11) is 0. The van der Waals surface area contributed by atoms with Crippen LogP contribution >= 0.6 is 0 Å². The summed E-state index contributed by atoms with van der Waals surface area (Å²) < 4.78 is 0. The summed E-state index contributed by atoms with van der Waals surface area (Å²) in [6, 6.07) is 20.7. The van der Waals surface area contributed by atoms with Gasteiger partial charge in [0.05, 0.1) is 12.5 Å². The molecule has 0 aromatic heterocycles. The smallest absolute Gasteiger partial charge is 0.305 e. The molecule has 0 saturated carbocycles. The molecule has 0 unspecified atom stereocenters. The van der Waals surface area contributed by atoms with Crippen LogP contribution in [0.15, 0.2) is 60.7 Å². The Balaban J connectivity index is 1.79. The van der Waals surface area contributed by atoms with E-state index in [1.54, 1.807) is 0 Å². The topological polar surface area (TPSA) is 43.8 Å². The molecule has 1 heterocycles. The van der Waals surface area contributed by atoms with Crippen molar-refractivity contribution in [2.75, 3.05) is 18.0 Å². The maximum absolute atomic E-state index is 11.4. The third-order valence-electron chi connectivity index (χ3n) is 4.86. The van der Waals surface area contributed by atoms with E-state index < -0.39 is 5.97 Å². The van der Waals surface area contributed by atoms with Crippen molar-refractivity contribution in [2.45, 2.75) is 32.0 Å². The van der Waals surface area contributed by atoms with Crippen molar-refractivity contribution in [3.8, 4) is 0 Å². The second kappa shape index (κ2) is 7.49. The lowest BCUT2D eigenvalue weighted by Gasteiger charge is -2.47. The van der Waals surface area contributed by atoms with Crippen molar-refractivity contribution < 1.29 is 9.90 Å². The standard InChI is InChI=1S/C20H24N2O2/c1-16-19(14-20(23)24)22(18-10-6-3-7-11-18)13-12-21(16)15-17-8-4-2-5-9-17/h2-11,16,19H,12-15H2,1H3,(H,23,24)/t16-,19-/m1/s1. The molecule has 1 fully saturated rings. The van der Waals surface area contributed by atoms with Crippen LogP contribution < -0.4 is 4.90 Å². The zero-order valence-electron chi connectivity index (χ0n) is 14.0. The van der Waals surface area contributed by atoms with Gasteiger partial charge in [-0.25, -0.2) is 0 Å². The van der Waals surface area contributed by atoms with Gasteiger partial charge in [0.1, 0.15) is 0 Å². The van der Waals surface area contributed by atoms with Gasteiger partial charge in [0.2, 0.25) is 0 Å². The van der Waals surface area contributed by atoms with Gasteiger partial charge in [-0.15, -0.1) is 0 Å². The largest absolute Gasteiger partial charge is 0.481 e. The van der Waals surface area contributed by atoms with Crippen LogP contribution in [0.2, 0.25) is 0 Å². The molecule has 1 aliphatic rings. The van der Waals surface area contributed by atoms with Crippen LogP contribution in [-0.4, -0.2) is 41.1 Å². The van der Waals surface area contributed by atoms with Crippen LogP contribution in [0.5, 0.6) is 0 Å². The fourth-order valence-corrected chi connectivity index (χ4v) is 3.55. The molecule has 0 spiro atoms. The predicted octanol–water partition coefficient (Wildman–Crippen LogP) is 3.24. The molecule has 0 aliphatic carbocycles. The second-order valence-electron chi connectivity index (χ2n) is 6.39. The van der Waals surface area contributed by atoms with Gasteiger partial charge < -0.3 is 10.0 Å². The highest BCUT2D eigenvalue weighted by atomic mass is 16.4. The predicted molar refractivity (Wildman–Crippen MR) is 96.1 cm³/mol. The molecule has 24 heavy (non-hydrogen) atoms. The van der Waals surface area contributed by atoms with Gasteiger partial charge in [-0.2, -0.15) is 0 Å². The van der Waals surface area contributed by atoms with Crippen LogP contribution in [0.4, 0.5) is 5.69 Å². The lowest BCUT2D eigenvalue weighted by molar-refractivity contribution is -0.138. The summed E-state index contributed by atoms with van der Waals surface area (Å²) in [5.74, 6) is -0.741. The Morgan fingerprint density at radius 2 is 1.67 bits per heavy atom. The number of carbonyl (C=O) groups is 1. The molecule has 4 heteroatoms. The molecule has 2 atom stereocenters. The van der Waals surface area contributed by atoms with Crippen molar-refractivity contribution in [1.82, 2.24) is 4.90 Å². The van der Waals surface area contributed by atoms with Crippen LogP contribution in [0.25, 0.3) is 0 Å². The van der Waals surface area contributed by atoms with Crippen molar-refractivity contribution in [3.05, 3.63) is 66.2 Å². The number of carboxylic acids is 1. The maximum atomic E-state index is 11.4. The summed E-state index contributed by atoms with van der Waals surface area (Å²) in [5.41, 5.74) is 2.38. The number of piperazine rings is 1. The molecule has 2 aromatic carbocycles. The van der Waals surface area contributed by atoms with E-state index in [1.165, 1.54) is 5.56 Å². The average Bonchev–Trinajstić information content (AvgIpc) is 2.60. The molecule has 0 bridgehead atoms. The van der Waals surface area contributed by atoms with Crippen molar-refractivity contribution in [1.29, 1.82) is 0 Å². The van der Waals surface area contributed by atoms with Gasteiger partial charge in [0.25, 0.3) is 0 Å². The first kappa shape index (κ1) is 16.5. The molecule has 2 aromatic rings. The lowest BCUT2D eigenvalue weighted by Crippen LogP contribution is -2.58. The number of aliphatic carboxylic acids is 1. The third-order valence-corrected chi connectivity index (χ3v) is 4.86. The van der Waals surface area contributed by atoms with E-state index in [2.05, 4.69) is 53.1 Å². The number of benzene rings is 2. The van der Waals surface area contributed by atoms with Crippen molar-refractivity contribution in [2.24, 2.45) is 0 Å². The third kappa shape index (κ3) is 3.77. The van der Waals surface area contributed by atoms with E-state index in [9.17, 15) is 9.90 Å². The maximum Gasteiger partial charge on any atom is 0.305 e. The van der Waals surface area contributed by atoms with Crippen LogP contribution in [0.1, 0.15) is 18.9 Å². The van der Waals surface area contributed by atoms with Crippen LogP contribution in [0.3, 0.4) is 0 Å².